The Bertz CT molecular complexity index is 1450. The van der Waals surface area contributed by atoms with E-state index in [2.05, 4.69) is 10.3 Å². The number of hydrogen-bond acceptors (Lipinski definition) is 2. The molecule has 4 aromatic rings. The highest BCUT2D eigenvalue weighted by molar-refractivity contribution is 6.31. The zero-order valence-electron chi connectivity index (χ0n) is 21.2. The first kappa shape index (κ1) is 26.6. The van der Waals surface area contributed by atoms with Gasteiger partial charge >= 0.3 is 0 Å². The van der Waals surface area contributed by atoms with Crippen LogP contribution in [0.4, 0.5) is 14.5 Å². The number of rotatable bonds is 7. The number of carbonyl (C=O) groups excluding carboxylic acids is 2. The third-order valence-corrected chi connectivity index (χ3v) is 7.33. The largest absolute Gasteiger partial charge is 0.351 e. The number of aromatic amines is 1. The van der Waals surface area contributed by atoms with Gasteiger partial charge in [-0.3, -0.25) is 14.5 Å². The van der Waals surface area contributed by atoms with Gasteiger partial charge in [0.2, 0.25) is 5.91 Å². The molecule has 1 aliphatic carbocycles. The van der Waals surface area contributed by atoms with Crippen molar-refractivity contribution < 1.29 is 18.4 Å². The summed E-state index contributed by atoms with van der Waals surface area (Å²) in [5, 5.41) is 2.91. The highest BCUT2D eigenvalue weighted by Gasteiger charge is 2.35. The second kappa shape index (κ2) is 11.8. The first-order valence-electron chi connectivity index (χ1n) is 13.0. The van der Waals surface area contributed by atoms with Gasteiger partial charge in [-0.25, -0.2) is 8.78 Å². The lowest BCUT2D eigenvalue weighted by molar-refractivity contribution is -0.123. The number of nitrogens with one attached hydrogen (secondary N) is 2. The highest BCUT2D eigenvalue weighted by Crippen LogP contribution is 2.33. The standard InChI is InChI=1S/C31H28ClF2N3O2/c32-25-19-24(15-16-26(25)34)37(31(39)28-18-17-27(36-28)20-7-3-1-4-8-20)29(21-11-13-22(33)14-12-21)30(38)35-23-9-5-2-6-10-23/h1,3-4,7-8,11-19,23,29,36H,2,5-6,9-10H2,(H,35,38). The molecule has 1 aliphatic rings. The molecule has 1 aromatic heterocycles. The fourth-order valence-electron chi connectivity index (χ4n) is 5.04. The number of hydrogen-bond donors (Lipinski definition) is 2. The Hall–Kier alpha value is -3.97. The van der Waals surface area contributed by atoms with E-state index in [1.54, 1.807) is 12.1 Å². The van der Waals surface area contributed by atoms with Crippen molar-refractivity contribution in [3.8, 4) is 11.3 Å². The predicted molar refractivity (Wildman–Crippen MR) is 149 cm³/mol. The molecule has 39 heavy (non-hydrogen) atoms. The van der Waals surface area contributed by atoms with Crippen LogP contribution in [0.1, 0.15) is 54.2 Å². The van der Waals surface area contributed by atoms with Crippen molar-refractivity contribution in [1.29, 1.82) is 0 Å². The molecule has 1 atom stereocenters. The van der Waals surface area contributed by atoms with E-state index in [1.807, 2.05) is 30.3 Å². The van der Waals surface area contributed by atoms with Crippen molar-refractivity contribution in [1.82, 2.24) is 10.3 Å². The Labute approximate surface area is 230 Å². The molecule has 8 heteroatoms. The zero-order chi connectivity index (χ0) is 27.4. The monoisotopic (exact) mass is 547 g/mol. The topological polar surface area (TPSA) is 65.2 Å². The molecule has 5 nitrogen and oxygen atoms in total. The van der Waals surface area contributed by atoms with Gasteiger partial charge in [-0.05, 0) is 66.4 Å². The smallest absolute Gasteiger partial charge is 0.275 e. The number of benzene rings is 3. The number of nitrogens with zero attached hydrogens (tertiary/aromatic N) is 1. The van der Waals surface area contributed by atoms with Gasteiger partial charge < -0.3 is 10.3 Å². The minimum atomic E-state index is -1.16. The molecule has 0 radical (unpaired) electrons. The van der Waals surface area contributed by atoms with Crippen LogP contribution in [0.3, 0.4) is 0 Å². The van der Waals surface area contributed by atoms with E-state index in [-0.39, 0.29) is 22.4 Å². The molecule has 1 heterocycles. The van der Waals surface area contributed by atoms with Crippen molar-refractivity contribution in [2.24, 2.45) is 0 Å². The van der Waals surface area contributed by atoms with Crippen LogP contribution in [0.2, 0.25) is 5.02 Å². The molecular formula is C31H28ClF2N3O2. The average Bonchev–Trinajstić information content (AvgIpc) is 3.45. The third kappa shape index (κ3) is 6.04. The summed E-state index contributed by atoms with van der Waals surface area (Å²) in [5.41, 5.74) is 2.48. The molecular weight excluding hydrogens is 520 g/mol. The van der Waals surface area contributed by atoms with Crippen LogP contribution in [-0.2, 0) is 4.79 Å². The third-order valence-electron chi connectivity index (χ3n) is 7.05. The quantitative estimate of drug-likeness (QED) is 0.252. The number of carbonyl (C=O) groups is 2. The van der Waals surface area contributed by atoms with Gasteiger partial charge in [0.1, 0.15) is 23.4 Å². The fraction of sp³-hybridized carbons (Fsp3) is 0.226. The second-order valence-electron chi connectivity index (χ2n) is 9.72. The van der Waals surface area contributed by atoms with Crippen molar-refractivity contribution >= 4 is 29.1 Å². The molecule has 1 fully saturated rings. The molecule has 2 N–H and O–H groups in total. The van der Waals surface area contributed by atoms with Crippen LogP contribution < -0.4 is 10.2 Å². The summed E-state index contributed by atoms with van der Waals surface area (Å²) in [6, 6.07) is 21.1. The summed E-state index contributed by atoms with van der Waals surface area (Å²) in [6.07, 6.45) is 4.81. The predicted octanol–water partition coefficient (Wildman–Crippen LogP) is 7.45. The van der Waals surface area contributed by atoms with Crippen LogP contribution in [-0.4, -0.2) is 22.8 Å². The SMILES string of the molecule is O=C(NC1CCCCC1)C(c1ccc(F)cc1)N(C(=O)c1ccc(-c2ccccc2)[nH]1)c1ccc(F)c(Cl)c1. The maximum absolute atomic E-state index is 14.2. The molecule has 1 unspecified atom stereocenters. The van der Waals surface area contributed by atoms with E-state index in [0.29, 0.717) is 5.56 Å². The summed E-state index contributed by atoms with van der Waals surface area (Å²) >= 11 is 6.13. The molecule has 2 amide bonds. The maximum Gasteiger partial charge on any atom is 0.275 e. The molecule has 0 saturated heterocycles. The number of amides is 2. The van der Waals surface area contributed by atoms with Gasteiger partial charge in [-0.1, -0.05) is 73.3 Å². The molecule has 5 rings (SSSR count). The van der Waals surface area contributed by atoms with E-state index in [4.69, 9.17) is 11.6 Å². The lowest BCUT2D eigenvalue weighted by Gasteiger charge is -2.33. The van der Waals surface area contributed by atoms with Crippen LogP contribution in [0.15, 0.2) is 84.9 Å². The van der Waals surface area contributed by atoms with Crippen molar-refractivity contribution in [2.75, 3.05) is 4.90 Å². The summed E-state index contributed by atoms with van der Waals surface area (Å²) in [7, 11) is 0. The van der Waals surface area contributed by atoms with Gasteiger partial charge in [0, 0.05) is 17.4 Å². The van der Waals surface area contributed by atoms with Crippen LogP contribution in [0.25, 0.3) is 11.3 Å². The lowest BCUT2D eigenvalue weighted by atomic mass is 9.94. The Morgan fingerprint density at radius 3 is 2.31 bits per heavy atom. The summed E-state index contributed by atoms with van der Waals surface area (Å²) in [4.78, 5) is 32.5. The molecule has 200 valence electrons. The molecule has 0 aliphatic heterocycles. The van der Waals surface area contributed by atoms with Crippen LogP contribution >= 0.6 is 11.6 Å². The minimum absolute atomic E-state index is 0.0295. The first-order chi connectivity index (χ1) is 18.9. The molecule has 1 saturated carbocycles. The van der Waals surface area contributed by atoms with E-state index in [0.717, 1.165) is 49.4 Å². The molecule has 3 aromatic carbocycles. The van der Waals surface area contributed by atoms with Gasteiger partial charge in [0.25, 0.3) is 5.91 Å². The van der Waals surface area contributed by atoms with Crippen molar-refractivity contribution in [3.05, 3.63) is 113 Å². The minimum Gasteiger partial charge on any atom is -0.351 e. The van der Waals surface area contributed by atoms with E-state index < -0.39 is 29.5 Å². The Morgan fingerprint density at radius 1 is 0.897 bits per heavy atom. The highest BCUT2D eigenvalue weighted by atomic mass is 35.5. The molecule has 0 bridgehead atoms. The number of H-pyrrole nitrogens is 1. The Morgan fingerprint density at radius 2 is 1.62 bits per heavy atom. The van der Waals surface area contributed by atoms with Gasteiger partial charge in [-0.15, -0.1) is 0 Å². The first-order valence-corrected chi connectivity index (χ1v) is 13.4. The van der Waals surface area contributed by atoms with Gasteiger partial charge in [0.05, 0.1) is 5.02 Å². The Kier molecular flexibility index (Phi) is 8.07. The maximum atomic E-state index is 14.2. The van der Waals surface area contributed by atoms with E-state index >= 15 is 0 Å². The van der Waals surface area contributed by atoms with Gasteiger partial charge in [-0.2, -0.15) is 0 Å². The van der Waals surface area contributed by atoms with Crippen LogP contribution in [0, 0.1) is 11.6 Å². The van der Waals surface area contributed by atoms with Crippen LogP contribution in [0.5, 0.6) is 0 Å². The zero-order valence-corrected chi connectivity index (χ0v) is 21.9. The second-order valence-corrected chi connectivity index (χ2v) is 10.1. The number of aromatic nitrogens is 1. The normalized spacial score (nSPS) is 14.5. The Balaban J connectivity index is 1.59. The summed E-state index contributed by atoms with van der Waals surface area (Å²) in [5.74, 6) is -2.04. The number of halogens is 3. The van der Waals surface area contributed by atoms with E-state index in [9.17, 15) is 18.4 Å². The summed E-state index contributed by atoms with van der Waals surface area (Å²) in [6.45, 7) is 0. The van der Waals surface area contributed by atoms with Crippen molar-refractivity contribution in [2.45, 2.75) is 44.2 Å². The van der Waals surface area contributed by atoms with E-state index in [1.165, 1.54) is 41.3 Å². The molecule has 0 spiro atoms. The lowest BCUT2D eigenvalue weighted by Crippen LogP contribution is -2.47. The number of anilines is 1. The fourth-order valence-corrected chi connectivity index (χ4v) is 5.22. The average molecular weight is 548 g/mol. The summed E-state index contributed by atoms with van der Waals surface area (Å²) < 4.78 is 28.0. The van der Waals surface area contributed by atoms with Crippen molar-refractivity contribution in [3.63, 3.8) is 0 Å². The van der Waals surface area contributed by atoms with Gasteiger partial charge in [0.15, 0.2) is 0 Å².